The normalized spacial score (nSPS) is 12.1. The molecule has 0 aromatic rings. The Morgan fingerprint density at radius 2 is 0.756 bits per heavy atom. The Hall–Kier alpha value is 0.487. The Kier molecular flexibility index (Phi) is 33.8. The van der Waals surface area contributed by atoms with Gasteiger partial charge in [-0.25, -0.2) is 0 Å². The second-order valence-corrected chi connectivity index (χ2v) is 17.9. The van der Waals surface area contributed by atoms with Gasteiger partial charge in [0.15, 0.2) is 8.32 Å². The summed E-state index contributed by atoms with van der Waals surface area (Å²) < 4.78 is 7.15. The molecule has 4 heteroatoms. The third-order valence-electron chi connectivity index (χ3n) is 9.23. The second-order valence-electron chi connectivity index (χ2n) is 13.3. The molecular weight excluding hydrogens is 535 g/mol. The van der Waals surface area contributed by atoms with Gasteiger partial charge in [0, 0.05) is 13.2 Å². The van der Waals surface area contributed by atoms with Gasteiger partial charge in [-0.3, -0.25) is 0 Å². The first kappa shape index (κ1) is 41.5. The molecule has 0 fully saturated rings. The van der Waals surface area contributed by atoms with E-state index < -0.39 is 8.32 Å². The van der Waals surface area contributed by atoms with Crippen molar-refractivity contribution in [1.29, 1.82) is 0 Å². The molecule has 2 nitrogen and oxygen atoms in total. The zero-order valence-electron chi connectivity index (χ0n) is 29.1. The molecule has 0 atom stereocenters. The summed E-state index contributed by atoms with van der Waals surface area (Å²) in [5.74, 6) is 1.02. The second kappa shape index (κ2) is 33.4. The highest BCUT2D eigenvalue weighted by molar-refractivity contribution is 7.80. The van der Waals surface area contributed by atoms with Gasteiger partial charge in [0.1, 0.15) is 0 Å². The minimum Gasteiger partial charge on any atom is -0.416 e. The molecule has 0 aliphatic rings. The summed E-state index contributed by atoms with van der Waals surface area (Å²) in [6, 6.07) is 4.15. The molecular formula is C37H79NOSSi. The molecule has 0 saturated carbocycles. The Labute approximate surface area is 267 Å². The fourth-order valence-corrected chi connectivity index (χ4v) is 11.1. The lowest BCUT2D eigenvalue weighted by atomic mass is 10.1. The molecule has 248 valence electrons. The molecule has 0 aliphatic heterocycles. The van der Waals surface area contributed by atoms with Crippen LogP contribution in [0.25, 0.3) is 0 Å². The van der Waals surface area contributed by atoms with E-state index in [0.29, 0.717) is 0 Å². The van der Waals surface area contributed by atoms with Crippen LogP contribution >= 0.6 is 12.6 Å². The van der Waals surface area contributed by atoms with Crippen LogP contribution in [0.15, 0.2) is 0 Å². The van der Waals surface area contributed by atoms with Gasteiger partial charge in [-0.1, -0.05) is 169 Å². The molecule has 0 saturated heterocycles. The van der Waals surface area contributed by atoms with Gasteiger partial charge in [0.05, 0.1) is 0 Å². The van der Waals surface area contributed by atoms with Crippen molar-refractivity contribution in [3.8, 4) is 0 Å². The van der Waals surface area contributed by atoms with Crippen molar-refractivity contribution in [1.82, 2.24) is 4.90 Å². The molecule has 41 heavy (non-hydrogen) atoms. The monoisotopic (exact) mass is 614 g/mol. The summed E-state index contributed by atoms with van der Waals surface area (Å²) in [5.41, 5.74) is 0. The van der Waals surface area contributed by atoms with E-state index >= 15 is 0 Å². The predicted octanol–water partition coefficient (Wildman–Crippen LogP) is 13.0. The van der Waals surface area contributed by atoms with Crippen LogP contribution in [-0.4, -0.2) is 45.2 Å². The van der Waals surface area contributed by atoms with Gasteiger partial charge in [-0.2, -0.15) is 12.6 Å². The summed E-state index contributed by atoms with van der Waals surface area (Å²) in [6.45, 7) is 13.9. The number of rotatable bonds is 35. The smallest absolute Gasteiger partial charge is 0.192 e. The van der Waals surface area contributed by atoms with Crippen molar-refractivity contribution in [3.63, 3.8) is 0 Å². The quantitative estimate of drug-likeness (QED) is 0.0433. The Bertz CT molecular complexity index is 460. The topological polar surface area (TPSA) is 12.5 Å². The van der Waals surface area contributed by atoms with E-state index in [1.807, 2.05) is 0 Å². The number of nitrogens with zero attached hydrogens (tertiary/aromatic N) is 1. The maximum Gasteiger partial charge on any atom is 0.192 e. The van der Waals surface area contributed by atoms with Crippen LogP contribution in [0.1, 0.15) is 188 Å². The van der Waals surface area contributed by atoms with E-state index in [4.69, 9.17) is 4.43 Å². The zero-order valence-corrected chi connectivity index (χ0v) is 31.0. The summed E-state index contributed by atoms with van der Waals surface area (Å²) in [6.07, 6.45) is 35.1. The molecule has 0 heterocycles. The van der Waals surface area contributed by atoms with Crippen molar-refractivity contribution in [2.45, 2.75) is 206 Å². The maximum absolute atomic E-state index is 7.15. The van der Waals surface area contributed by atoms with Gasteiger partial charge in [-0.15, -0.1) is 0 Å². The van der Waals surface area contributed by atoms with Crippen LogP contribution < -0.4 is 0 Å². The Morgan fingerprint density at radius 1 is 0.415 bits per heavy atom. The fourth-order valence-electron chi connectivity index (χ4n) is 6.35. The largest absolute Gasteiger partial charge is 0.416 e. The lowest BCUT2D eigenvalue weighted by molar-refractivity contribution is 0.195. The molecule has 0 rings (SSSR count). The lowest BCUT2D eigenvalue weighted by Gasteiger charge is -2.33. The average molecular weight is 614 g/mol. The number of hydrogen-bond donors (Lipinski definition) is 1. The molecule has 0 N–H and O–H groups in total. The van der Waals surface area contributed by atoms with E-state index in [1.54, 1.807) is 0 Å². The first-order valence-electron chi connectivity index (χ1n) is 19.1. The van der Waals surface area contributed by atoms with Crippen molar-refractivity contribution in [3.05, 3.63) is 0 Å². The van der Waals surface area contributed by atoms with E-state index in [9.17, 15) is 0 Å². The minimum absolute atomic E-state index is 0.974. The van der Waals surface area contributed by atoms with Crippen LogP contribution in [0, 0.1) is 0 Å². The Balaban J connectivity index is 4.78. The van der Waals surface area contributed by atoms with Gasteiger partial charge in [0.2, 0.25) is 0 Å². The van der Waals surface area contributed by atoms with E-state index in [-0.39, 0.29) is 0 Å². The minimum atomic E-state index is -1.70. The Morgan fingerprint density at radius 3 is 1.12 bits per heavy atom. The first-order chi connectivity index (χ1) is 20.2. The van der Waals surface area contributed by atoms with E-state index in [2.05, 4.69) is 45.2 Å². The van der Waals surface area contributed by atoms with Crippen molar-refractivity contribution >= 4 is 20.9 Å². The van der Waals surface area contributed by atoms with E-state index in [0.717, 1.165) is 18.9 Å². The lowest BCUT2D eigenvalue weighted by Crippen LogP contribution is -2.41. The van der Waals surface area contributed by atoms with E-state index in [1.165, 1.54) is 192 Å². The molecule has 0 bridgehead atoms. The van der Waals surface area contributed by atoms with Crippen molar-refractivity contribution < 1.29 is 4.43 Å². The molecule has 0 amide bonds. The van der Waals surface area contributed by atoms with Crippen molar-refractivity contribution in [2.24, 2.45) is 0 Å². The molecule has 0 aromatic heterocycles. The highest BCUT2D eigenvalue weighted by atomic mass is 32.1. The summed E-state index contributed by atoms with van der Waals surface area (Å²) >= 11 is 4.65. The maximum atomic E-state index is 7.15. The van der Waals surface area contributed by atoms with Crippen molar-refractivity contribution in [2.75, 3.05) is 32.0 Å². The van der Waals surface area contributed by atoms with Gasteiger partial charge in [-0.05, 0) is 56.2 Å². The average Bonchev–Trinajstić information content (AvgIpc) is 2.99. The molecule has 0 aliphatic carbocycles. The van der Waals surface area contributed by atoms with Crippen LogP contribution in [0.3, 0.4) is 0 Å². The first-order valence-corrected chi connectivity index (χ1v) is 22.3. The van der Waals surface area contributed by atoms with Gasteiger partial charge < -0.3 is 9.33 Å². The molecule has 0 radical (unpaired) electrons. The standard InChI is InChI=1S/C37H79NOSSi/c1-5-9-13-15-17-19-21-23-25-27-35-41(37-29-34-40,36-28-26-24-22-20-18-16-14-10-6-2)39-33-32-38(30-11-7-3)31-12-8-4/h40H,5-37H2,1-4H3. The van der Waals surface area contributed by atoms with Crippen LogP contribution in [-0.2, 0) is 4.43 Å². The molecule has 0 spiro atoms. The number of hydrogen-bond acceptors (Lipinski definition) is 3. The van der Waals surface area contributed by atoms with Crippen LogP contribution in [0.5, 0.6) is 0 Å². The van der Waals surface area contributed by atoms with Crippen LogP contribution in [0.4, 0.5) is 0 Å². The summed E-state index contributed by atoms with van der Waals surface area (Å²) in [5, 5.41) is 0. The summed E-state index contributed by atoms with van der Waals surface area (Å²) in [4.78, 5) is 2.70. The van der Waals surface area contributed by atoms with Gasteiger partial charge >= 0.3 is 0 Å². The number of thiol groups is 1. The molecule has 0 aromatic carbocycles. The fraction of sp³-hybridized carbons (Fsp3) is 1.00. The number of unbranched alkanes of at least 4 members (excludes halogenated alkanes) is 20. The zero-order chi connectivity index (χ0) is 30.1. The summed E-state index contributed by atoms with van der Waals surface area (Å²) in [7, 11) is -1.70. The SMILES string of the molecule is CCCCCCCCCCCC[Si](CCCS)(CCCCCCCCCCCC)OCCN(CCCC)CCCC. The third kappa shape index (κ3) is 27.8. The van der Waals surface area contributed by atoms with Gasteiger partial charge in [0.25, 0.3) is 0 Å². The third-order valence-corrected chi connectivity index (χ3v) is 14.2. The highest BCUT2D eigenvalue weighted by Crippen LogP contribution is 2.30. The van der Waals surface area contributed by atoms with Crippen LogP contribution in [0.2, 0.25) is 18.1 Å². The highest BCUT2D eigenvalue weighted by Gasteiger charge is 2.33. The molecule has 0 unspecified atom stereocenters. The predicted molar refractivity (Wildman–Crippen MR) is 195 cm³/mol.